The van der Waals surface area contributed by atoms with Gasteiger partial charge in [0.2, 0.25) is 0 Å². The molecule has 1 heterocycles. The van der Waals surface area contributed by atoms with Crippen LogP contribution in [0.25, 0.3) is 0 Å². The summed E-state index contributed by atoms with van der Waals surface area (Å²) in [5, 5.41) is 3.30. The fourth-order valence-corrected chi connectivity index (χ4v) is 3.12. The quantitative estimate of drug-likeness (QED) is 0.814. The molecule has 1 aliphatic heterocycles. The van der Waals surface area contributed by atoms with E-state index >= 15 is 0 Å². The largest absolute Gasteiger partial charge is 0.389 e. The summed E-state index contributed by atoms with van der Waals surface area (Å²) in [6, 6.07) is 5.26. The number of thiocarbonyl (C=S) groups is 1. The molecule has 0 aromatic heterocycles. The molecule has 1 saturated heterocycles. The first-order chi connectivity index (χ1) is 7.68. The maximum atomic E-state index is 13.6. The first kappa shape index (κ1) is 11.7. The second kappa shape index (κ2) is 5.01. The molecule has 0 bridgehead atoms. The second-order valence-electron chi connectivity index (χ2n) is 3.73. The van der Waals surface area contributed by atoms with E-state index < -0.39 is 0 Å². The molecule has 0 aliphatic carbocycles. The summed E-state index contributed by atoms with van der Waals surface area (Å²) in [4.78, 5) is 0.103. The summed E-state index contributed by atoms with van der Waals surface area (Å²) in [6.07, 6.45) is 1.10. The standard InChI is InChI=1S/C11H13FN2S2/c12-8-2-1-3-9(10(8)11(13)15)14-7-4-5-16-6-7/h1-3,7,14H,4-6H2,(H2,13,15). The zero-order chi connectivity index (χ0) is 11.5. The molecular formula is C11H13FN2S2. The third-order valence-corrected chi connectivity index (χ3v) is 3.92. The van der Waals surface area contributed by atoms with Crippen molar-refractivity contribution in [3.8, 4) is 0 Å². The molecule has 0 radical (unpaired) electrons. The third kappa shape index (κ3) is 2.47. The lowest BCUT2D eigenvalue weighted by molar-refractivity contribution is 0.625. The van der Waals surface area contributed by atoms with Crippen molar-refractivity contribution in [1.29, 1.82) is 0 Å². The number of nitrogens with one attached hydrogen (secondary N) is 1. The van der Waals surface area contributed by atoms with Crippen LogP contribution in [0.4, 0.5) is 10.1 Å². The highest BCUT2D eigenvalue weighted by Gasteiger charge is 2.18. The van der Waals surface area contributed by atoms with Gasteiger partial charge in [0.15, 0.2) is 0 Å². The minimum atomic E-state index is -0.358. The predicted molar refractivity (Wildman–Crippen MR) is 71.6 cm³/mol. The minimum absolute atomic E-state index is 0.103. The van der Waals surface area contributed by atoms with Crippen LogP contribution in [-0.2, 0) is 0 Å². The van der Waals surface area contributed by atoms with Crippen molar-refractivity contribution in [2.75, 3.05) is 16.8 Å². The summed E-state index contributed by atoms with van der Waals surface area (Å²) < 4.78 is 13.6. The first-order valence-electron chi connectivity index (χ1n) is 5.11. The molecule has 1 unspecified atom stereocenters. The first-order valence-corrected chi connectivity index (χ1v) is 6.67. The number of hydrogen-bond acceptors (Lipinski definition) is 3. The monoisotopic (exact) mass is 256 g/mol. The van der Waals surface area contributed by atoms with Gasteiger partial charge in [0.05, 0.1) is 5.56 Å². The van der Waals surface area contributed by atoms with E-state index in [0.29, 0.717) is 17.3 Å². The van der Waals surface area contributed by atoms with Crippen LogP contribution >= 0.6 is 24.0 Å². The molecule has 5 heteroatoms. The Bertz CT molecular complexity index is 403. The van der Waals surface area contributed by atoms with E-state index in [2.05, 4.69) is 5.32 Å². The average Bonchev–Trinajstić information content (AvgIpc) is 2.70. The third-order valence-electron chi connectivity index (χ3n) is 2.55. The van der Waals surface area contributed by atoms with E-state index in [4.69, 9.17) is 18.0 Å². The fourth-order valence-electron chi connectivity index (χ4n) is 1.76. The number of benzene rings is 1. The van der Waals surface area contributed by atoms with Gasteiger partial charge in [-0.2, -0.15) is 11.8 Å². The molecule has 0 saturated carbocycles. The maximum absolute atomic E-state index is 13.6. The summed E-state index contributed by atoms with van der Waals surface area (Å²) >= 11 is 6.77. The molecule has 16 heavy (non-hydrogen) atoms. The highest BCUT2D eigenvalue weighted by atomic mass is 32.2. The molecule has 0 spiro atoms. The highest BCUT2D eigenvalue weighted by molar-refractivity contribution is 7.99. The van der Waals surface area contributed by atoms with E-state index in [-0.39, 0.29) is 10.8 Å². The molecule has 1 atom stereocenters. The Morgan fingerprint density at radius 1 is 1.56 bits per heavy atom. The van der Waals surface area contributed by atoms with E-state index in [0.717, 1.165) is 17.9 Å². The van der Waals surface area contributed by atoms with Crippen LogP contribution in [0.15, 0.2) is 18.2 Å². The number of thioether (sulfide) groups is 1. The van der Waals surface area contributed by atoms with Gasteiger partial charge in [0.25, 0.3) is 0 Å². The van der Waals surface area contributed by atoms with Crippen LogP contribution in [0.2, 0.25) is 0 Å². The molecule has 2 nitrogen and oxygen atoms in total. The summed E-state index contributed by atoms with van der Waals surface area (Å²) in [7, 11) is 0. The summed E-state index contributed by atoms with van der Waals surface area (Å²) in [5.41, 5.74) is 6.57. The van der Waals surface area contributed by atoms with Gasteiger partial charge in [-0.3, -0.25) is 0 Å². The van der Waals surface area contributed by atoms with E-state index in [1.165, 1.54) is 6.07 Å². The van der Waals surface area contributed by atoms with Crippen LogP contribution in [0.5, 0.6) is 0 Å². The van der Waals surface area contributed by atoms with Crippen LogP contribution < -0.4 is 11.1 Å². The summed E-state index contributed by atoms with van der Waals surface area (Å²) in [5.74, 6) is 1.84. The van der Waals surface area contributed by atoms with Crippen LogP contribution in [0, 0.1) is 5.82 Å². The second-order valence-corrected chi connectivity index (χ2v) is 5.32. The Hall–Kier alpha value is -0.810. The maximum Gasteiger partial charge on any atom is 0.135 e. The predicted octanol–water partition coefficient (Wildman–Crippen LogP) is 2.38. The number of anilines is 1. The van der Waals surface area contributed by atoms with Crippen molar-refractivity contribution in [2.24, 2.45) is 5.73 Å². The Balaban J connectivity index is 2.25. The number of nitrogens with two attached hydrogens (primary N) is 1. The number of halogens is 1. The number of rotatable bonds is 3. The van der Waals surface area contributed by atoms with Gasteiger partial charge in [0.1, 0.15) is 10.8 Å². The van der Waals surface area contributed by atoms with Gasteiger partial charge >= 0.3 is 0 Å². The van der Waals surface area contributed by atoms with Gasteiger partial charge in [-0.25, -0.2) is 4.39 Å². The summed E-state index contributed by atoms with van der Waals surface area (Å²) in [6.45, 7) is 0. The molecule has 1 aliphatic rings. The molecule has 3 N–H and O–H groups in total. The van der Waals surface area contributed by atoms with Crippen molar-refractivity contribution >= 4 is 34.7 Å². The van der Waals surface area contributed by atoms with Crippen LogP contribution in [0.3, 0.4) is 0 Å². The van der Waals surface area contributed by atoms with Gasteiger partial charge in [0, 0.05) is 17.5 Å². The highest BCUT2D eigenvalue weighted by Crippen LogP contribution is 2.25. The lowest BCUT2D eigenvalue weighted by Gasteiger charge is -2.16. The van der Waals surface area contributed by atoms with E-state index in [1.54, 1.807) is 6.07 Å². The van der Waals surface area contributed by atoms with Crippen molar-refractivity contribution in [3.63, 3.8) is 0 Å². The molecule has 1 fully saturated rings. The van der Waals surface area contributed by atoms with Crippen molar-refractivity contribution < 1.29 is 4.39 Å². The topological polar surface area (TPSA) is 38.0 Å². The zero-order valence-corrected chi connectivity index (χ0v) is 10.3. The lowest BCUT2D eigenvalue weighted by Crippen LogP contribution is -2.22. The van der Waals surface area contributed by atoms with Crippen molar-refractivity contribution in [2.45, 2.75) is 12.5 Å². The Labute approximate surface area is 104 Å². The molecule has 1 aromatic rings. The van der Waals surface area contributed by atoms with E-state index in [1.807, 2.05) is 17.8 Å². The van der Waals surface area contributed by atoms with Crippen molar-refractivity contribution in [1.82, 2.24) is 0 Å². The van der Waals surface area contributed by atoms with E-state index in [9.17, 15) is 4.39 Å². The molecule has 1 aromatic carbocycles. The SMILES string of the molecule is NC(=S)c1c(F)cccc1NC1CCSC1. The Morgan fingerprint density at radius 2 is 2.38 bits per heavy atom. The van der Waals surface area contributed by atoms with Crippen LogP contribution in [0.1, 0.15) is 12.0 Å². The van der Waals surface area contributed by atoms with Gasteiger partial charge in [-0.05, 0) is 24.3 Å². The smallest absolute Gasteiger partial charge is 0.135 e. The van der Waals surface area contributed by atoms with Gasteiger partial charge in [-0.1, -0.05) is 18.3 Å². The Morgan fingerprint density at radius 3 is 3.00 bits per heavy atom. The van der Waals surface area contributed by atoms with Crippen LogP contribution in [-0.4, -0.2) is 22.5 Å². The normalized spacial score (nSPS) is 19.7. The fraction of sp³-hybridized carbons (Fsp3) is 0.364. The molecule has 0 amide bonds. The number of hydrogen-bond donors (Lipinski definition) is 2. The molecule has 86 valence electrons. The van der Waals surface area contributed by atoms with Crippen molar-refractivity contribution in [3.05, 3.63) is 29.6 Å². The van der Waals surface area contributed by atoms with Gasteiger partial charge < -0.3 is 11.1 Å². The lowest BCUT2D eigenvalue weighted by atomic mass is 10.1. The zero-order valence-electron chi connectivity index (χ0n) is 8.70. The minimum Gasteiger partial charge on any atom is -0.389 e. The Kier molecular flexibility index (Phi) is 3.66. The molecule has 2 rings (SSSR count). The average molecular weight is 256 g/mol. The van der Waals surface area contributed by atoms with Gasteiger partial charge in [-0.15, -0.1) is 0 Å². The molecular weight excluding hydrogens is 243 g/mol.